The molecular weight excluding hydrogens is 403 g/mol. The average Bonchev–Trinajstić information content (AvgIpc) is 2.97. The second kappa shape index (κ2) is 9.26. The molecule has 1 heterocycles. The average molecular weight is 427 g/mol. The fraction of sp³-hybridized carbons (Fsp3) is 0.261. The zero-order valence-corrected chi connectivity index (χ0v) is 17.7. The normalized spacial score (nSPS) is 15.7. The van der Waals surface area contributed by atoms with E-state index in [1.165, 1.54) is 24.3 Å². The van der Waals surface area contributed by atoms with Crippen LogP contribution in [0.3, 0.4) is 0 Å². The maximum Gasteiger partial charge on any atom is 0.293 e. The summed E-state index contributed by atoms with van der Waals surface area (Å²) in [6.07, 6.45) is 1.86. The van der Waals surface area contributed by atoms with Gasteiger partial charge >= 0.3 is 0 Å². The molecule has 3 amide bonds. The highest BCUT2D eigenvalue weighted by molar-refractivity contribution is 8.18. The van der Waals surface area contributed by atoms with Crippen molar-refractivity contribution in [2.75, 3.05) is 13.1 Å². The van der Waals surface area contributed by atoms with Crippen molar-refractivity contribution >= 4 is 34.9 Å². The summed E-state index contributed by atoms with van der Waals surface area (Å²) in [5.41, 5.74) is 1.38. The van der Waals surface area contributed by atoms with Gasteiger partial charge in [0, 0.05) is 19.5 Å². The van der Waals surface area contributed by atoms with Gasteiger partial charge in [-0.2, -0.15) is 0 Å². The molecule has 0 saturated carbocycles. The van der Waals surface area contributed by atoms with Crippen molar-refractivity contribution in [3.8, 4) is 0 Å². The molecule has 0 bridgehead atoms. The van der Waals surface area contributed by atoms with Crippen LogP contribution in [0.25, 0.3) is 6.08 Å². The second-order valence-corrected chi connectivity index (χ2v) is 8.65. The van der Waals surface area contributed by atoms with Gasteiger partial charge in [-0.1, -0.05) is 56.3 Å². The maximum atomic E-state index is 13.0. The van der Waals surface area contributed by atoms with Gasteiger partial charge in [0.25, 0.3) is 11.1 Å². The number of imide groups is 1. The lowest BCUT2D eigenvalue weighted by molar-refractivity contribution is -0.124. The number of halogens is 1. The van der Waals surface area contributed by atoms with Gasteiger partial charge in [0.05, 0.1) is 4.91 Å². The monoisotopic (exact) mass is 426 g/mol. The Balaban J connectivity index is 1.53. The number of carbonyl (C=O) groups excluding carboxylic acids is 3. The third-order valence-electron chi connectivity index (χ3n) is 4.86. The number of thioether (sulfide) groups is 1. The summed E-state index contributed by atoms with van der Waals surface area (Å²) in [6.45, 7) is 4.28. The van der Waals surface area contributed by atoms with Crippen molar-refractivity contribution in [3.05, 3.63) is 76.4 Å². The van der Waals surface area contributed by atoms with Crippen LogP contribution in [0.5, 0.6) is 0 Å². The zero-order chi connectivity index (χ0) is 21.7. The predicted molar refractivity (Wildman–Crippen MR) is 116 cm³/mol. The first-order valence-electron chi connectivity index (χ1n) is 9.59. The Bertz CT molecular complexity index is 972. The fourth-order valence-corrected chi connectivity index (χ4v) is 4.03. The minimum Gasteiger partial charge on any atom is -0.354 e. The first-order valence-corrected chi connectivity index (χ1v) is 10.4. The van der Waals surface area contributed by atoms with Crippen molar-refractivity contribution in [1.82, 2.24) is 10.2 Å². The van der Waals surface area contributed by atoms with Crippen LogP contribution in [-0.2, 0) is 15.0 Å². The molecule has 0 radical (unpaired) electrons. The van der Waals surface area contributed by atoms with E-state index < -0.39 is 5.91 Å². The summed E-state index contributed by atoms with van der Waals surface area (Å²) >= 11 is 0.839. The Kier molecular flexibility index (Phi) is 6.72. The number of amides is 3. The van der Waals surface area contributed by atoms with E-state index in [2.05, 4.69) is 5.32 Å². The van der Waals surface area contributed by atoms with Crippen LogP contribution in [0.4, 0.5) is 9.18 Å². The van der Waals surface area contributed by atoms with Crippen LogP contribution in [0.1, 0.15) is 31.4 Å². The van der Waals surface area contributed by atoms with Crippen LogP contribution in [0.2, 0.25) is 0 Å². The van der Waals surface area contributed by atoms with Gasteiger partial charge < -0.3 is 5.32 Å². The number of rotatable bonds is 7. The van der Waals surface area contributed by atoms with E-state index in [4.69, 9.17) is 0 Å². The number of carbonyl (C=O) groups is 3. The molecule has 1 saturated heterocycles. The third-order valence-corrected chi connectivity index (χ3v) is 5.76. The number of hydrogen-bond acceptors (Lipinski definition) is 4. The minimum atomic E-state index is -0.409. The van der Waals surface area contributed by atoms with E-state index in [0.29, 0.717) is 12.0 Å². The molecule has 156 valence electrons. The number of nitrogens with one attached hydrogen (secondary N) is 1. The third kappa shape index (κ3) is 5.36. The van der Waals surface area contributed by atoms with Gasteiger partial charge in [0.1, 0.15) is 5.82 Å². The standard InChI is InChI=1S/C23H23FN2O3S/c1-23(2,17-6-4-3-5-7-17)15-20(27)25-12-13-26-21(28)19(30-22(26)29)14-16-8-10-18(24)11-9-16/h3-11,14H,12-13,15H2,1-2H3,(H,25,27). The molecule has 1 aliphatic heterocycles. The highest BCUT2D eigenvalue weighted by atomic mass is 32.2. The molecule has 0 unspecified atom stereocenters. The topological polar surface area (TPSA) is 66.5 Å². The number of nitrogens with zero attached hydrogens (tertiary/aromatic N) is 1. The van der Waals surface area contributed by atoms with Gasteiger partial charge in [-0.15, -0.1) is 0 Å². The molecule has 7 heteroatoms. The molecule has 1 N–H and O–H groups in total. The summed E-state index contributed by atoms with van der Waals surface area (Å²) in [5.74, 6) is -0.919. The van der Waals surface area contributed by atoms with Crippen LogP contribution >= 0.6 is 11.8 Å². The Labute approximate surface area is 179 Å². The molecule has 1 fully saturated rings. The van der Waals surface area contributed by atoms with Gasteiger partial charge in [-0.25, -0.2) is 4.39 Å². The predicted octanol–water partition coefficient (Wildman–Crippen LogP) is 4.35. The highest BCUT2D eigenvalue weighted by Gasteiger charge is 2.34. The van der Waals surface area contributed by atoms with E-state index in [-0.39, 0.29) is 40.4 Å². The maximum absolute atomic E-state index is 13.0. The van der Waals surface area contributed by atoms with Crippen molar-refractivity contribution in [3.63, 3.8) is 0 Å². The Hall–Kier alpha value is -2.93. The molecule has 0 aliphatic carbocycles. The minimum absolute atomic E-state index is 0.100. The molecular formula is C23H23FN2O3S. The fourth-order valence-electron chi connectivity index (χ4n) is 3.17. The molecule has 1 aliphatic rings. The van der Waals surface area contributed by atoms with Gasteiger partial charge in [0.15, 0.2) is 0 Å². The van der Waals surface area contributed by atoms with Gasteiger partial charge in [0.2, 0.25) is 5.91 Å². The number of benzene rings is 2. The largest absolute Gasteiger partial charge is 0.354 e. The zero-order valence-electron chi connectivity index (χ0n) is 16.9. The lowest BCUT2D eigenvalue weighted by atomic mass is 9.81. The van der Waals surface area contributed by atoms with Gasteiger partial charge in [-0.05, 0) is 46.5 Å². The SMILES string of the molecule is CC(C)(CC(=O)NCCN1C(=O)SC(=Cc2ccc(F)cc2)C1=O)c1ccccc1. The molecule has 2 aromatic carbocycles. The van der Waals surface area contributed by atoms with E-state index in [9.17, 15) is 18.8 Å². The quantitative estimate of drug-likeness (QED) is 0.669. The molecule has 0 atom stereocenters. The summed E-state index contributed by atoms with van der Waals surface area (Å²) in [4.78, 5) is 38.4. The van der Waals surface area contributed by atoms with Crippen molar-refractivity contribution < 1.29 is 18.8 Å². The van der Waals surface area contributed by atoms with Crippen molar-refractivity contribution in [2.24, 2.45) is 0 Å². The first-order chi connectivity index (χ1) is 14.3. The van der Waals surface area contributed by atoms with E-state index in [1.54, 1.807) is 6.08 Å². The van der Waals surface area contributed by atoms with Crippen LogP contribution in [0.15, 0.2) is 59.5 Å². The molecule has 5 nitrogen and oxygen atoms in total. The second-order valence-electron chi connectivity index (χ2n) is 7.66. The number of hydrogen-bond donors (Lipinski definition) is 1. The molecule has 2 aromatic rings. The Morgan fingerprint density at radius 2 is 1.77 bits per heavy atom. The first kappa shape index (κ1) is 21.8. The molecule has 3 rings (SSSR count). The molecule has 0 aromatic heterocycles. The van der Waals surface area contributed by atoms with E-state index in [0.717, 1.165) is 22.2 Å². The van der Waals surface area contributed by atoms with E-state index in [1.807, 2.05) is 44.2 Å². The highest BCUT2D eigenvalue weighted by Crippen LogP contribution is 2.32. The van der Waals surface area contributed by atoms with Crippen molar-refractivity contribution in [2.45, 2.75) is 25.7 Å². The summed E-state index contributed by atoms with van der Waals surface area (Å²) in [7, 11) is 0. The van der Waals surface area contributed by atoms with Gasteiger partial charge in [-0.3, -0.25) is 19.3 Å². The summed E-state index contributed by atoms with van der Waals surface area (Å²) in [6, 6.07) is 15.5. The smallest absolute Gasteiger partial charge is 0.293 e. The lowest BCUT2D eigenvalue weighted by Crippen LogP contribution is -2.38. The Morgan fingerprint density at radius 1 is 1.10 bits per heavy atom. The Morgan fingerprint density at radius 3 is 2.43 bits per heavy atom. The van der Waals surface area contributed by atoms with Crippen molar-refractivity contribution in [1.29, 1.82) is 0 Å². The molecule has 30 heavy (non-hydrogen) atoms. The van der Waals surface area contributed by atoms with Crippen LogP contribution in [0, 0.1) is 5.82 Å². The molecule has 0 spiro atoms. The summed E-state index contributed by atoms with van der Waals surface area (Å²) < 4.78 is 13.0. The van der Waals surface area contributed by atoms with Crippen LogP contribution < -0.4 is 5.32 Å². The van der Waals surface area contributed by atoms with Crippen LogP contribution in [-0.4, -0.2) is 35.0 Å². The lowest BCUT2D eigenvalue weighted by Gasteiger charge is -2.24. The summed E-state index contributed by atoms with van der Waals surface area (Å²) in [5, 5.41) is 2.41. The van der Waals surface area contributed by atoms with E-state index >= 15 is 0 Å².